The lowest BCUT2D eigenvalue weighted by Crippen LogP contribution is -2.24. The van der Waals surface area contributed by atoms with Crippen LogP contribution in [0.25, 0.3) is 11.3 Å². The van der Waals surface area contributed by atoms with Gasteiger partial charge in [0.15, 0.2) is 5.13 Å². The Labute approximate surface area is 164 Å². The average Bonchev–Trinajstić information content (AvgIpc) is 3.40. The molecule has 27 heavy (non-hydrogen) atoms. The van der Waals surface area contributed by atoms with E-state index in [1.807, 2.05) is 5.38 Å². The molecular formula is C21H27N3O2S. The van der Waals surface area contributed by atoms with Gasteiger partial charge in [-0.1, -0.05) is 25.3 Å². The zero-order valence-electron chi connectivity index (χ0n) is 15.8. The van der Waals surface area contributed by atoms with Gasteiger partial charge in [0.25, 0.3) is 0 Å². The van der Waals surface area contributed by atoms with Gasteiger partial charge in [-0.15, -0.1) is 11.3 Å². The molecule has 1 unspecified atom stereocenters. The number of amides is 1. The number of methoxy groups -OCH3 is 1. The molecule has 6 heteroatoms. The van der Waals surface area contributed by atoms with E-state index in [1.54, 1.807) is 7.11 Å². The van der Waals surface area contributed by atoms with Crippen LogP contribution in [0.3, 0.4) is 0 Å². The average molecular weight is 386 g/mol. The number of nitrogens with one attached hydrogen (secondary N) is 2. The van der Waals surface area contributed by atoms with Crippen LogP contribution in [0.1, 0.15) is 50.0 Å². The fourth-order valence-electron chi connectivity index (χ4n) is 4.16. The number of nitrogens with zero attached hydrogens (tertiary/aromatic N) is 1. The highest BCUT2D eigenvalue weighted by molar-refractivity contribution is 7.14. The third-order valence-electron chi connectivity index (χ3n) is 5.74. The molecule has 2 N–H and O–H groups in total. The number of thiazole rings is 1. The fourth-order valence-corrected chi connectivity index (χ4v) is 4.87. The quantitative estimate of drug-likeness (QED) is 0.800. The van der Waals surface area contributed by atoms with E-state index in [0.29, 0.717) is 11.0 Å². The van der Waals surface area contributed by atoms with Crippen LogP contribution in [0.15, 0.2) is 23.6 Å². The van der Waals surface area contributed by atoms with E-state index >= 15 is 0 Å². The van der Waals surface area contributed by atoms with Gasteiger partial charge in [-0.3, -0.25) is 4.79 Å². The topological polar surface area (TPSA) is 63.2 Å². The Morgan fingerprint density at radius 2 is 2.11 bits per heavy atom. The third kappa shape index (κ3) is 4.17. The molecule has 1 aromatic heterocycles. The van der Waals surface area contributed by atoms with Crippen molar-refractivity contribution in [3.8, 4) is 17.0 Å². The Hall–Kier alpha value is -1.92. The van der Waals surface area contributed by atoms with Gasteiger partial charge in [-0.05, 0) is 49.4 Å². The van der Waals surface area contributed by atoms with E-state index in [2.05, 4.69) is 33.8 Å². The van der Waals surface area contributed by atoms with Crippen LogP contribution in [0.5, 0.6) is 5.75 Å². The largest absolute Gasteiger partial charge is 0.496 e. The molecule has 1 saturated carbocycles. The summed E-state index contributed by atoms with van der Waals surface area (Å²) >= 11 is 1.47. The predicted molar refractivity (Wildman–Crippen MR) is 110 cm³/mol. The molecule has 144 valence electrons. The summed E-state index contributed by atoms with van der Waals surface area (Å²) in [6.07, 6.45) is 7.40. The maximum Gasteiger partial charge on any atom is 0.230 e. The van der Waals surface area contributed by atoms with Crippen molar-refractivity contribution in [1.29, 1.82) is 0 Å². The second-order valence-electron chi connectivity index (χ2n) is 7.51. The summed E-state index contributed by atoms with van der Waals surface area (Å²) < 4.78 is 5.58. The van der Waals surface area contributed by atoms with Crippen molar-refractivity contribution in [2.75, 3.05) is 25.5 Å². The Balaban J connectivity index is 1.54. The summed E-state index contributed by atoms with van der Waals surface area (Å²) in [4.78, 5) is 17.0. The number of hydrogen-bond acceptors (Lipinski definition) is 5. The Morgan fingerprint density at radius 3 is 2.85 bits per heavy atom. The van der Waals surface area contributed by atoms with Crippen LogP contribution in [0, 0.1) is 5.92 Å². The van der Waals surface area contributed by atoms with E-state index in [9.17, 15) is 4.79 Å². The summed E-state index contributed by atoms with van der Waals surface area (Å²) in [5, 5.41) is 8.87. The summed E-state index contributed by atoms with van der Waals surface area (Å²) in [6, 6.07) is 6.48. The van der Waals surface area contributed by atoms with Crippen molar-refractivity contribution in [1.82, 2.24) is 10.3 Å². The lowest BCUT2D eigenvalue weighted by Gasteiger charge is -2.22. The normalized spacial score (nSPS) is 20.6. The Kier molecular flexibility index (Phi) is 5.74. The lowest BCUT2D eigenvalue weighted by atomic mass is 9.83. The maximum absolute atomic E-state index is 12.3. The first-order chi connectivity index (χ1) is 13.2. The lowest BCUT2D eigenvalue weighted by molar-refractivity contribution is -0.119. The van der Waals surface area contributed by atoms with Crippen molar-refractivity contribution in [2.45, 2.75) is 44.4 Å². The molecule has 1 amide bonds. The van der Waals surface area contributed by atoms with E-state index in [4.69, 9.17) is 4.74 Å². The molecule has 2 heterocycles. The highest BCUT2D eigenvalue weighted by atomic mass is 32.1. The molecule has 0 bridgehead atoms. The maximum atomic E-state index is 12.3. The molecular weight excluding hydrogens is 358 g/mol. The number of ether oxygens (including phenoxy) is 1. The predicted octanol–water partition coefficient (Wildman–Crippen LogP) is 4.41. The summed E-state index contributed by atoms with van der Waals surface area (Å²) in [6.45, 7) is 1.66. The second-order valence-corrected chi connectivity index (χ2v) is 8.37. The Morgan fingerprint density at radius 1 is 1.26 bits per heavy atom. The summed E-state index contributed by atoms with van der Waals surface area (Å²) in [7, 11) is 1.70. The SMILES string of the molecule is COc1ccc(C2CCCCC2)cc1-c1csc(NC(=O)C2CCNC2)n1. The van der Waals surface area contributed by atoms with Gasteiger partial charge >= 0.3 is 0 Å². The van der Waals surface area contributed by atoms with Gasteiger partial charge in [0.2, 0.25) is 5.91 Å². The van der Waals surface area contributed by atoms with Crippen LogP contribution in [0.4, 0.5) is 5.13 Å². The molecule has 0 spiro atoms. The van der Waals surface area contributed by atoms with Crippen LogP contribution in [-0.4, -0.2) is 31.1 Å². The minimum absolute atomic E-state index is 0.0431. The molecule has 1 aromatic carbocycles. The zero-order valence-corrected chi connectivity index (χ0v) is 16.6. The number of hydrogen-bond donors (Lipinski definition) is 2. The number of rotatable bonds is 5. The summed E-state index contributed by atoms with van der Waals surface area (Å²) in [5.41, 5.74) is 3.26. The summed E-state index contributed by atoms with van der Waals surface area (Å²) in [5.74, 6) is 1.57. The molecule has 2 aromatic rings. The first kappa shape index (κ1) is 18.4. The minimum Gasteiger partial charge on any atom is -0.496 e. The van der Waals surface area contributed by atoms with Crippen molar-refractivity contribution >= 4 is 22.4 Å². The molecule has 2 aliphatic rings. The van der Waals surface area contributed by atoms with Crippen molar-refractivity contribution in [3.05, 3.63) is 29.1 Å². The molecule has 1 saturated heterocycles. The van der Waals surface area contributed by atoms with Crippen LogP contribution >= 0.6 is 11.3 Å². The molecule has 2 fully saturated rings. The highest BCUT2D eigenvalue weighted by Gasteiger charge is 2.23. The molecule has 1 aliphatic carbocycles. The first-order valence-electron chi connectivity index (χ1n) is 9.90. The third-order valence-corrected chi connectivity index (χ3v) is 6.50. The molecule has 4 rings (SSSR count). The smallest absolute Gasteiger partial charge is 0.230 e. The highest BCUT2D eigenvalue weighted by Crippen LogP contribution is 2.38. The molecule has 5 nitrogen and oxygen atoms in total. The van der Waals surface area contributed by atoms with Gasteiger partial charge < -0.3 is 15.4 Å². The van der Waals surface area contributed by atoms with Gasteiger partial charge in [0, 0.05) is 17.5 Å². The minimum atomic E-state index is 0.0431. The van der Waals surface area contributed by atoms with E-state index < -0.39 is 0 Å². The van der Waals surface area contributed by atoms with Crippen molar-refractivity contribution in [3.63, 3.8) is 0 Å². The van der Waals surface area contributed by atoms with E-state index in [-0.39, 0.29) is 11.8 Å². The number of aromatic nitrogens is 1. The Bertz CT molecular complexity index is 792. The van der Waals surface area contributed by atoms with Crippen molar-refractivity contribution in [2.24, 2.45) is 5.92 Å². The first-order valence-corrected chi connectivity index (χ1v) is 10.8. The zero-order chi connectivity index (χ0) is 18.6. The van der Waals surface area contributed by atoms with E-state index in [1.165, 1.54) is 49.0 Å². The monoisotopic (exact) mass is 385 g/mol. The number of carbonyl (C=O) groups is 1. The number of anilines is 1. The van der Waals surface area contributed by atoms with Gasteiger partial charge in [-0.2, -0.15) is 0 Å². The molecule has 1 aliphatic heterocycles. The van der Waals surface area contributed by atoms with Crippen LogP contribution in [0.2, 0.25) is 0 Å². The molecule has 0 radical (unpaired) electrons. The van der Waals surface area contributed by atoms with Crippen LogP contribution in [-0.2, 0) is 4.79 Å². The van der Waals surface area contributed by atoms with Crippen molar-refractivity contribution < 1.29 is 9.53 Å². The van der Waals surface area contributed by atoms with Gasteiger partial charge in [0.05, 0.1) is 18.7 Å². The van der Waals surface area contributed by atoms with Gasteiger partial charge in [-0.25, -0.2) is 4.98 Å². The van der Waals surface area contributed by atoms with Gasteiger partial charge in [0.1, 0.15) is 5.75 Å². The fraction of sp³-hybridized carbons (Fsp3) is 0.524. The molecule has 1 atom stereocenters. The van der Waals surface area contributed by atoms with E-state index in [0.717, 1.165) is 36.5 Å². The number of carbonyl (C=O) groups excluding carboxylic acids is 1. The standard InChI is InChI=1S/C21H27N3O2S/c1-26-19-8-7-15(14-5-3-2-4-6-14)11-17(19)18-13-27-21(23-18)24-20(25)16-9-10-22-12-16/h7-8,11,13-14,16,22H,2-6,9-10,12H2,1H3,(H,23,24,25). The number of benzene rings is 1. The second kappa shape index (κ2) is 8.40. The van der Waals surface area contributed by atoms with Crippen LogP contribution < -0.4 is 15.4 Å².